The van der Waals surface area contributed by atoms with Crippen LogP contribution >= 0.6 is 0 Å². The second-order valence-corrected chi connectivity index (χ2v) is 6.50. The third kappa shape index (κ3) is 5.78. The van der Waals surface area contributed by atoms with E-state index >= 15 is 0 Å². The minimum absolute atomic E-state index is 0.115. The van der Waals surface area contributed by atoms with Gasteiger partial charge in [-0.25, -0.2) is 0 Å². The van der Waals surface area contributed by atoms with Crippen molar-refractivity contribution >= 4 is 17.5 Å². The Labute approximate surface area is 169 Å². The summed E-state index contributed by atoms with van der Waals surface area (Å²) in [7, 11) is 1.56. The number of rotatable bonds is 9. The number of nitrogens with zero attached hydrogens (tertiary/aromatic N) is 2. The molecule has 0 spiro atoms. The van der Waals surface area contributed by atoms with Gasteiger partial charge < -0.3 is 15.0 Å². The summed E-state index contributed by atoms with van der Waals surface area (Å²) in [6.07, 6.45) is -0.170. The van der Waals surface area contributed by atoms with Gasteiger partial charge in [-0.15, -0.1) is 0 Å². The average molecular weight is 399 g/mol. The van der Waals surface area contributed by atoms with Gasteiger partial charge >= 0.3 is 0 Å². The Hall–Kier alpha value is -3.42. The van der Waals surface area contributed by atoms with Crippen molar-refractivity contribution in [2.45, 2.75) is 32.9 Å². The molecule has 0 aliphatic carbocycles. The third-order valence-electron chi connectivity index (χ3n) is 4.56. The average Bonchev–Trinajstić information content (AvgIpc) is 2.72. The van der Waals surface area contributed by atoms with Gasteiger partial charge in [0.05, 0.1) is 18.5 Å². The van der Waals surface area contributed by atoms with Gasteiger partial charge in [0.15, 0.2) is 0 Å². The van der Waals surface area contributed by atoms with E-state index in [1.54, 1.807) is 51.3 Å². The number of nitro groups is 1. The Kier molecular flexibility index (Phi) is 7.70. The van der Waals surface area contributed by atoms with Crippen LogP contribution in [0.5, 0.6) is 5.75 Å². The van der Waals surface area contributed by atoms with Crippen molar-refractivity contribution in [3.8, 4) is 5.75 Å². The largest absolute Gasteiger partial charge is 0.497 e. The van der Waals surface area contributed by atoms with E-state index in [4.69, 9.17) is 4.74 Å². The van der Waals surface area contributed by atoms with Gasteiger partial charge in [-0.1, -0.05) is 30.3 Å². The van der Waals surface area contributed by atoms with Crippen LogP contribution in [0.1, 0.15) is 25.0 Å². The van der Waals surface area contributed by atoms with Crippen LogP contribution in [0.3, 0.4) is 0 Å². The lowest BCUT2D eigenvalue weighted by molar-refractivity contribution is -0.385. The molecule has 1 N–H and O–H groups in total. The van der Waals surface area contributed by atoms with Gasteiger partial charge in [0, 0.05) is 24.7 Å². The number of hydrogen-bond acceptors (Lipinski definition) is 5. The first kappa shape index (κ1) is 21.9. The second-order valence-electron chi connectivity index (χ2n) is 6.50. The van der Waals surface area contributed by atoms with E-state index in [0.29, 0.717) is 17.9 Å². The van der Waals surface area contributed by atoms with E-state index in [0.717, 1.165) is 5.56 Å². The first-order valence-corrected chi connectivity index (χ1v) is 9.29. The number of methoxy groups -OCH3 is 1. The fourth-order valence-corrected chi connectivity index (χ4v) is 2.94. The lowest BCUT2D eigenvalue weighted by Gasteiger charge is -2.28. The van der Waals surface area contributed by atoms with Crippen LogP contribution < -0.4 is 10.1 Å². The summed E-state index contributed by atoms with van der Waals surface area (Å²) in [6, 6.07) is 12.6. The molecule has 0 fully saturated rings. The first-order valence-electron chi connectivity index (χ1n) is 9.29. The minimum atomic E-state index is -0.729. The van der Waals surface area contributed by atoms with Crippen LogP contribution in [0.2, 0.25) is 0 Å². The number of carbonyl (C=O) groups excluding carboxylic acids is 2. The maximum atomic E-state index is 13.1. The van der Waals surface area contributed by atoms with Crippen molar-refractivity contribution in [2.24, 2.45) is 0 Å². The molecule has 0 saturated carbocycles. The zero-order valence-corrected chi connectivity index (χ0v) is 16.8. The SMILES string of the molecule is CCNC(=O)C(C)N(Cc1ccc(OC)cc1)C(=O)Cc1ccccc1[N+](=O)[O-]. The van der Waals surface area contributed by atoms with E-state index in [9.17, 15) is 19.7 Å². The summed E-state index contributed by atoms with van der Waals surface area (Å²) in [6.45, 7) is 4.08. The van der Waals surface area contributed by atoms with Gasteiger partial charge in [-0.3, -0.25) is 19.7 Å². The normalized spacial score (nSPS) is 11.4. The van der Waals surface area contributed by atoms with Gasteiger partial charge in [0.25, 0.3) is 5.69 Å². The van der Waals surface area contributed by atoms with E-state index < -0.39 is 11.0 Å². The van der Waals surface area contributed by atoms with Crippen molar-refractivity contribution in [1.29, 1.82) is 0 Å². The fourth-order valence-electron chi connectivity index (χ4n) is 2.94. The number of nitrogens with one attached hydrogen (secondary N) is 1. The monoisotopic (exact) mass is 399 g/mol. The van der Waals surface area contributed by atoms with Crippen molar-refractivity contribution < 1.29 is 19.2 Å². The molecule has 154 valence electrons. The number of para-hydroxylation sites is 1. The van der Waals surface area contributed by atoms with Crippen LogP contribution in [-0.2, 0) is 22.6 Å². The molecule has 2 amide bonds. The lowest BCUT2D eigenvalue weighted by Crippen LogP contribution is -2.48. The van der Waals surface area contributed by atoms with E-state index in [1.807, 2.05) is 12.1 Å². The molecule has 2 aromatic rings. The molecular weight excluding hydrogens is 374 g/mol. The van der Waals surface area contributed by atoms with Crippen LogP contribution in [-0.4, -0.2) is 41.3 Å². The zero-order valence-electron chi connectivity index (χ0n) is 16.8. The van der Waals surface area contributed by atoms with Gasteiger partial charge in [0.1, 0.15) is 11.8 Å². The molecular formula is C21H25N3O5. The van der Waals surface area contributed by atoms with Crippen LogP contribution in [0.15, 0.2) is 48.5 Å². The number of benzene rings is 2. The predicted octanol–water partition coefficient (Wildman–Crippen LogP) is 2.70. The molecule has 1 atom stereocenters. The Morgan fingerprint density at radius 1 is 1.17 bits per heavy atom. The minimum Gasteiger partial charge on any atom is -0.497 e. The maximum absolute atomic E-state index is 13.1. The highest BCUT2D eigenvalue weighted by molar-refractivity contribution is 5.88. The number of carbonyl (C=O) groups is 2. The summed E-state index contributed by atoms with van der Waals surface area (Å²) in [4.78, 5) is 37.6. The smallest absolute Gasteiger partial charge is 0.273 e. The molecule has 0 bridgehead atoms. The third-order valence-corrected chi connectivity index (χ3v) is 4.56. The molecule has 2 aromatic carbocycles. The second kappa shape index (κ2) is 10.2. The molecule has 0 aromatic heterocycles. The number of nitro benzene ring substituents is 1. The maximum Gasteiger partial charge on any atom is 0.273 e. The molecule has 1 unspecified atom stereocenters. The highest BCUT2D eigenvalue weighted by Gasteiger charge is 2.27. The number of ether oxygens (including phenoxy) is 1. The molecule has 8 heteroatoms. The van der Waals surface area contributed by atoms with Crippen molar-refractivity contribution in [2.75, 3.05) is 13.7 Å². The Morgan fingerprint density at radius 2 is 1.83 bits per heavy atom. The van der Waals surface area contributed by atoms with E-state index in [1.165, 1.54) is 11.0 Å². The van der Waals surface area contributed by atoms with Gasteiger partial charge in [0.2, 0.25) is 11.8 Å². The van der Waals surface area contributed by atoms with E-state index in [-0.39, 0.29) is 30.5 Å². The summed E-state index contributed by atoms with van der Waals surface area (Å²) < 4.78 is 5.15. The molecule has 0 saturated heterocycles. The molecule has 29 heavy (non-hydrogen) atoms. The Bertz CT molecular complexity index is 867. The summed E-state index contributed by atoms with van der Waals surface area (Å²) in [5.41, 5.74) is 1.01. The van der Waals surface area contributed by atoms with E-state index in [2.05, 4.69) is 5.32 Å². The van der Waals surface area contributed by atoms with Crippen LogP contribution in [0, 0.1) is 10.1 Å². The topological polar surface area (TPSA) is 102 Å². The molecule has 0 aliphatic heterocycles. The van der Waals surface area contributed by atoms with Crippen molar-refractivity contribution in [1.82, 2.24) is 10.2 Å². The molecule has 2 rings (SSSR count). The van der Waals surface area contributed by atoms with Gasteiger partial charge in [-0.2, -0.15) is 0 Å². The Morgan fingerprint density at radius 3 is 2.41 bits per heavy atom. The standard InChI is InChI=1S/C21H25N3O5/c1-4-22-21(26)15(2)23(14-16-9-11-18(29-3)12-10-16)20(25)13-17-7-5-6-8-19(17)24(27)28/h5-12,15H,4,13-14H2,1-3H3,(H,22,26). The van der Waals surface area contributed by atoms with Crippen LogP contribution in [0.4, 0.5) is 5.69 Å². The fraction of sp³-hybridized carbons (Fsp3) is 0.333. The first-order chi connectivity index (χ1) is 13.9. The number of amides is 2. The predicted molar refractivity (Wildman–Crippen MR) is 108 cm³/mol. The zero-order chi connectivity index (χ0) is 21.4. The lowest BCUT2D eigenvalue weighted by atomic mass is 10.1. The molecule has 0 aliphatic rings. The molecule has 0 heterocycles. The summed E-state index contributed by atoms with van der Waals surface area (Å²) in [5, 5.41) is 14.0. The summed E-state index contributed by atoms with van der Waals surface area (Å²) in [5.74, 6) is 0.0362. The molecule has 8 nitrogen and oxygen atoms in total. The number of likely N-dealkylation sites (N-methyl/N-ethyl adjacent to an activating group) is 1. The number of hydrogen-bond donors (Lipinski definition) is 1. The summed E-state index contributed by atoms with van der Waals surface area (Å²) >= 11 is 0. The highest BCUT2D eigenvalue weighted by atomic mass is 16.6. The van der Waals surface area contributed by atoms with Crippen molar-refractivity contribution in [3.63, 3.8) is 0 Å². The quantitative estimate of drug-likeness (QED) is 0.516. The van der Waals surface area contributed by atoms with Crippen molar-refractivity contribution in [3.05, 3.63) is 69.8 Å². The molecule has 0 radical (unpaired) electrons. The van der Waals surface area contributed by atoms with Crippen LogP contribution in [0.25, 0.3) is 0 Å². The highest BCUT2D eigenvalue weighted by Crippen LogP contribution is 2.21. The Balaban J connectivity index is 2.29. The van der Waals surface area contributed by atoms with Gasteiger partial charge in [-0.05, 0) is 31.5 Å².